The maximum Gasteiger partial charge on any atom is 0.292 e. The first-order valence-corrected chi connectivity index (χ1v) is 9.23. The first kappa shape index (κ1) is 17.5. The van der Waals surface area contributed by atoms with Crippen molar-refractivity contribution >= 4 is 11.7 Å². The van der Waals surface area contributed by atoms with Gasteiger partial charge in [0.05, 0.1) is 13.2 Å². The van der Waals surface area contributed by atoms with E-state index in [-0.39, 0.29) is 11.9 Å². The third-order valence-corrected chi connectivity index (χ3v) is 5.13. The van der Waals surface area contributed by atoms with Crippen LogP contribution in [0.4, 0.5) is 0 Å². The molecule has 140 valence electrons. The van der Waals surface area contributed by atoms with Gasteiger partial charge >= 0.3 is 0 Å². The lowest BCUT2D eigenvalue weighted by Gasteiger charge is -2.35. The molecule has 1 aromatic carbocycles. The smallest absolute Gasteiger partial charge is 0.292 e. The van der Waals surface area contributed by atoms with Crippen LogP contribution in [0.3, 0.4) is 0 Å². The van der Waals surface area contributed by atoms with Crippen molar-refractivity contribution in [2.75, 3.05) is 13.7 Å². The molecular formula is C20H23N5O2. The molecular weight excluding hydrogens is 342 g/mol. The number of rotatable bonds is 3. The van der Waals surface area contributed by atoms with Crippen LogP contribution in [0.5, 0.6) is 5.75 Å². The minimum atomic E-state index is -0.108. The van der Waals surface area contributed by atoms with Crippen molar-refractivity contribution in [3.05, 3.63) is 53.1 Å². The van der Waals surface area contributed by atoms with E-state index in [1.807, 2.05) is 43.0 Å². The van der Waals surface area contributed by atoms with Gasteiger partial charge in [-0.25, -0.2) is 4.98 Å². The van der Waals surface area contributed by atoms with Crippen LogP contribution in [0.1, 0.15) is 52.9 Å². The molecule has 4 rings (SSSR count). The Morgan fingerprint density at radius 3 is 2.85 bits per heavy atom. The minimum absolute atomic E-state index is 0.00686. The quantitative estimate of drug-likeness (QED) is 0.713. The third-order valence-electron chi connectivity index (χ3n) is 5.13. The fourth-order valence-corrected chi connectivity index (χ4v) is 3.87. The number of fused-ring (bicyclic) bond motifs is 1. The second-order valence-electron chi connectivity index (χ2n) is 6.98. The van der Waals surface area contributed by atoms with E-state index in [1.165, 1.54) is 0 Å². The fraction of sp³-hybridized carbons (Fsp3) is 0.400. The zero-order valence-corrected chi connectivity index (χ0v) is 15.8. The Kier molecular flexibility index (Phi) is 4.51. The number of piperidine rings is 1. The van der Waals surface area contributed by atoms with Crippen molar-refractivity contribution in [2.24, 2.45) is 0 Å². The fourth-order valence-electron chi connectivity index (χ4n) is 3.87. The number of methoxy groups -OCH3 is 1. The normalized spacial score (nSPS) is 17.3. The van der Waals surface area contributed by atoms with Crippen molar-refractivity contribution < 1.29 is 9.53 Å². The molecule has 0 spiro atoms. The second-order valence-corrected chi connectivity index (χ2v) is 6.98. The predicted octanol–water partition coefficient (Wildman–Crippen LogP) is 3.12. The molecule has 0 bridgehead atoms. The maximum absolute atomic E-state index is 13.4. The number of likely N-dealkylation sites (tertiary alicyclic amines) is 1. The first-order valence-electron chi connectivity index (χ1n) is 9.23. The molecule has 2 aromatic heterocycles. The van der Waals surface area contributed by atoms with Crippen molar-refractivity contribution in [3.63, 3.8) is 0 Å². The number of nitrogens with zero attached hydrogens (tertiary/aromatic N) is 5. The number of aromatic nitrogens is 4. The van der Waals surface area contributed by atoms with Crippen molar-refractivity contribution in [1.29, 1.82) is 0 Å². The van der Waals surface area contributed by atoms with E-state index in [0.717, 1.165) is 42.0 Å². The van der Waals surface area contributed by atoms with Gasteiger partial charge in [0, 0.05) is 17.9 Å². The van der Waals surface area contributed by atoms with Gasteiger partial charge in [0.25, 0.3) is 11.7 Å². The van der Waals surface area contributed by atoms with E-state index in [2.05, 4.69) is 21.2 Å². The number of hydrogen-bond donors (Lipinski definition) is 0. The number of hydrogen-bond acceptors (Lipinski definition) is 5. The van der Waals surface area contributed by atoms with Gasteiger partial charge in [0.2, 0.25) is 5.82 Å². The van der Waals surface area contributed by atoms with Crippen molar-refractivity contribution in [1.82, 2.24) is 24.5 Å². The first-order chi connectivity index (χ1) is 13.1. The van der Waals surface area contributed by atoms with Crippen molar-refractivity contribution in [2.45, 2.75) is 39.2 Å². The molecule has 7 heteroatoms. The average Bonchev–Trinajstić information content (AvgIpc) is 3.11. The summed E-state index contributed by atoms with van der Waals surface area (Å²) in [4.78, 5) is 19.7. The summed E-state index contributed by atoms with van der Waals surface area (Å²) in [5, 5.41) is 8.28. The summed E-state index contributed by atoms with van der Waals surface area (Å²) < 4.78 is 7.10. The van der Waals surface area contributed by atoms with E-state index in [9.17, 15) is 4.79 Å². The van der Waals surface area contributed by atoms with Crippen LogP contribution in [-0.4, -0.2) is 44.0 Å². The summed E-state index contributed by atoms with van der Waals surface area (Å²) in [6.07, 6.45) is 3.00. The minimum Gasteiger partial charge on any atom is -0.497 e. The molecule has 1 saturated heterocycles. The molecule has 0 N–H and O–H groups in total. The number of amides is 1. The number of ether oxygens (including phenoxy) is 1. The number of benzene rings is 1. The Morgan fingerprint density at radius 1 is 1.19 bits per heavy atom. The largest absolute Gasteiger partial charge is 0.497 e. The van der Waals surface area contributed by atoms with Gasteiger partial charge in [0.15, 0.2) is 0 Å². The molecule has 3 aromatic rings. The summed E-state index contributed by atoms with van der Waals surface area (Å²) >= 11 is 0. The van der Waals surface area contributed by atoms with E-state index in [1.54, 1.807) is 11.5 Å². The Hall–Kier alpha value is -2.96. The van der Waals surface area contributed by atoms with E-state index >= 15 is 0 Å². The van der Waals surface area contributed by atoms with Gasteiger partial charge < -0.3 is 9.64 Å². The molecule has 27 heavy (non-hydrogen) atoms. The maximum atomic E-state index is 13.4. The van der Waals surface area contributed by atoms with Gasteiger partial charge in [0.1, 0.15) is 5.75 Å². The lowest BCUT2D eigenvalue weighted by Crippen LogP contribution is -2.39. The van der Waals surface area contributed by atoms with E-state index in [4.69, 9.17) is 4.74 Å². The van der Waals surface area contributed by atoms with Gasteiger partial charge in [-0.2, -0.15) is 0 Å². The highest BCUT2D eigenvalue weighted by Gasteiger charge is 2.32. The van der Waals surface area contributed by atoms with Crippen LogP contribution in [0.25, 0.3) is 5.78 Å². The lowest BCUT2D eigenvalue weighted by atomic mass is 9.95. The number of carbonyl (C=O) groups excluding carboxylic acids is 1. The molecule has 0 unspecified atom stereocenters. The predicted molar refractivity (Wildman–Crippen MR) is 101 cm³/mol. The van der Waals surface area contributed by atoms with Gasteiger partial charge in [-0.1, -0.05) is 12.1 Å². The van der Waals surface area contributed by atoms with Crippen LogP contribution in [0.2, 0.25) is 0 Å². The Labute approximate surface area is 158 Å². The number of carbonyl (C=O) groups is 1. The summed E-state index contributed by atoms with van der Waals surface area (Å²) in [6, 6.07) is 9.89. The summed E-state index contributed by atoms with van der Waals surface area (Å²) in [7, 11) is 1.66. The Balaban J connectivity index is 1.73. The van der Waals surface area contributed by atoms with Gasteiger partial charge in [-0.3, -0.25) is 9.20 Å². The second kappa shape index (κ2) is 6.98. The zero-order valence-electron chi connectivity index (χ0n) is 15.8. The standard InChI is InChI=1S/C20H23N5O2/c1-13-11-14(2)25-18(22-23-20(25)21-13)19(26)24-10-5-4-9-17(24)15-7-6-8-16(12-15)27-3/h6-8,11-12,17H,4-5,9-10H2,1-3H3/t17-/m0/s1. The van der Waals surface area contributed by atoms with E-state index < -0.39 is 0 Å². The molecule has 0 aliphatic carbocycles. The molecule has 1 aliphatic rings. The molecule has 7 nitrogen and oxygen atoms in total. The summed E-state index contributed by atoms with van der Waals surface area (Å²) in [6.45, 7) is 4.55. The molecule has 0 saturated carbocycles. The van der Waals surface area contributed by atoms with Crippen LogP contribution < -0.4 is 4.74 Å². The van der Waals surface area contributed by atoms with Gasteiger partial charge in [-0.15, -0.1) is 10.2 Å². The lowest BCUT2D eigenvalue weighted by molar-refractivity contribution is 0.0596. The van der Waals surface area contributed by atoms with Crippen LogP contribution >= 0.6 is 0 Å². The average molecular weight is 365 g/mol. The molecule has 1 amide bonds. The Bertz CT molecular complexity index is 997. The van der Waals surface area contributed by atoms with Crippen LogP contribution in [-0.2, 0) is 0 Å². The molecule has 1 fully saturated rings. The molecule has 1 aliphatic heterocycles. The molecule has 0 radical (unpaired) electrons. The third kappa shape index (κ3) is 3.13. The monoisotopic (exact) mass is 365 g/mol. The summed E-state index contributed by atoms with van der Waals surface area (Å²) in [5.41, 5.74) is 2.85. The highest BCUT2D eigenvalue weighted by molar-refractivity contribution is 5.91. The topological polar surface area (TPSA) is 72.6 Å². The van der Waals surface area contributed by atoms with Crippen molar-refractivity contribution in [3.8, 4) is 5.75 Å². The number of aryl methyl sites for hydroxylation is 2. The Morgan fingerprint density at radius 2 is 2.04 bits per heavy atom. The van der Waals surface area contributed by atoms with E-state index in [0.29, 0.717) is 18.1 Å². The SMILES string of the molecule is COc1cccc([C@@H]2CCCCN2C(=O)c2nnc3nc(C)cc(C)n23)c1. The molecule has 1 atom stereocenters. The van der Waals surface area contributed by atoms with Crippen LogP contribution in [0.15, 0.2) is 30.3 Å². The highest BCUT2D eigenvalue weighted by atomic mass is 16.5. The highest BCUT2D eigenvalue weighted by Crippen LogP contribution is 2.33. The van der Waals surface area contributed by atoms with Gasteiger partial charge in [-0.05, 0) is 56.9 Å². The summed E-state index contributed by atoms with van der Waals surface area (Å²) in [5.74, 6) is 1.48. The van der Waals surface area contributed by atoms with Crippen LogP contribution in [0, 0.1) is 13.8 Å². The zero-order chi connectivity index (χ0) is 19.0. The molecule has 3 heterocycles.